The third-order valence-corrected chi connectivity index (χ3v) is 11.4. The van der Waals surface area contributed by atoms with Crippen LogP contribution in [0.5, 0.6) is 0 Å². The topological polar surface area (TPSA) is 0 Å². The van der Waals surface area contributed by atoms with Gasteiger partial charge in [0.05, 0.1) is 0 Å². The molecule has 1 heteroatoms. The van der Waals surface area contributed by atoms with Crippen LogP contribution in [-0.4, -0.2) is 0 Å². The molecule has 10 rings (SSSR count). The monoisotopic (exact) mass is 566 g/mol. The van der Waals surface area contributed by atoms with Gasteiger partial charge in [0.1, 0.15) is 0 Å². The van der Waals surface area contributed by atoms with Crippen molar-refractivity contribution >= 4 is 26.7 Å². The number of halogens is 1. The van der Waals surface area contributed by atoms with Gasteiger partial charge in [-0.15, -0.1) is 0 Å². The Hall–Kier alpha value is -3.16. The Kier molecular flexibility index (Phi) is 4.75. The molecule has 0 atom stereocenters. The van der Waals surface area contributed by atoms with E-state index in [-0.39, 0.29) is 5.41 Å². The largest absolute Gasteiger partial charge is 0.0616 e. The fraction of sp³-hybridized carbons (Fsp3) is 0.263. The van der Waals surface area contributed by atoms with Crippen LogP contribution >= 0.6 is 15.9 Å². The molecular formula is C38H31Br. The van der Waals surface area contributed by atoms with Crippen LogP contribution in [0.4, 0.5) is 0 Å². The zero-order valence-corrected chi connectivity index (χ0v) is 23.6. The van der Waals surface area contributed by atoms with Gasteiger partial charge in [0, 0.05) is 9.89 Å². The van der Waals surface area contributed by atoms with Crippen molar-refractivity contribution in [1.29, 1.82) is 0 Å². The zero-order chi connectivity index (χ0) is 25.7. The van der Waals surface area contributed by atoms with Crippen molar-refractivity contribution in [3.05, 3.63) is 119 Å². The van der Waals surface area contributed by atoms with Crippen LogP contribution < -0.4 is 0 Å². The molecule has 0 saturated heterocycles. The van der Waals surface area contributed by atoms with Crippen LogP contribution in [0.3, 0.4) is 0 Å². The summed E-state index contributed by atoms with van der Waals surface area (Å²) in [5, 5.41) is 2.76. The fourth-order valence-electron chi connectivity index (χ4n) is 9.71. The molecule has 4 bridgehead atoms. The lowest BCUT2D eigenvalue weighted by atomic mass is 9.42. The highest BCUT2D eigenvalue weighted by molar-refractivity contribution is 9.10. The third-order valence-electron chi connectivity index (χ3n) is 10.9. The van der Waals surface area contributed by atoms with E-state index in [1.54, 1.807) is 11.1 Å². The molecule has 0 aliphatic heterocycles. The number of fused-ring (bicyclic) bond motifs is 4. The predicted molar refractivity (Wildman–Crippen MR) is 166 cm³/mol. The first-order valence-electron chi connectivity index (χ1n) is 14.7. The summed E-state index contributed by atoms with van der Waals surface area (Å²) in [5.74, 6) is 3.39. The summed E-state index contributed by atoms with van der Waals surface area (Å²) in [6, 6.07) is 39.3. The average Bonchev–Trinajstić information content (AvgIpc) is 3.24. The molecule has 0 amide bonds. The van der Waals surface area contributed by atoms with Crippen molar-refractivity contribution < 1.29 is 0 Å². The van der Waals surface area contributed by atoms with Crippen LogP contribution in [0.1, 0.15) is 43.2 Å². The molecule has 0 heterocycles. The quantitative estimate of drug-likeness (QED) is 0.199. The zero-order valence-electron chi connectivity index (χ0n) is 22.0. The molecule has 5 aliphatic rings. The van der Waals surface area contributed by atoms with Gasteiger partial charge in [-0.1, -0.05) is 88.7 Å². The second-order valence-corrected chi connectivity index (χ2v) is 13.7. The van der Waals surface area contributed by atoms with Gasteiger partial charge in [-0.2, -0.15) is 0 Å². The Morgan fingerprint density at radius 3 is 1.87 bits per heavy atom. The van der Waals surface area contributed by atoms with E-state index >= 15 is 0 Å². The summed E-state index contributed by atoms with van der Waals surface area (Å²) in [6.07, 6.45) is 7.11. The second-order valence-electron chi connectivity index (χ2n) is 12.7. The van der Waals surface area contributed by atoms with Gasteiger partial charge >= 0.3 is 0 Å². The summed E-state index contributed by atoms with van der Waals surface area (Å²) in [4.78, 5) is 0. The highest BCUT2D eigenvalue weighted by atomic mass is 79.9. The normalized spacial score (nSPS) is 27.7. The van der Waals surface area contributed by atoms with E-state index in [4.69, 9.17) is 0 Å². The Balaban J connectivity index is 1.32. The van der Waals surface area contributed by atoms with Crippen molar-refractivity contribution in [3.63, 3.8) is 0 Å². The summed E-state index contributed by atoms with van der Waals surface area (Å²) in [7, 11) is 0. The summed E-state index contributed by atoms with van der Waals surface area (Å²) >= 11 is 3.68. The smallest absolute Gasteiger partial charge is 0.0278 e. The minimum Gasteiger partial charge on any atom is -0.0616 e. The average molecular weight is 568 g/mol. The van der Waals surface area contributed by atoms with Gasteiger partial charge in [-0.3, -0.25) is 0 Å². The van der Waals surface area contributed by atoms with Crippen LogP contribution in [-0.2, 0) is 5.41 Å². The Bertz CT molecular complexity index is 1760. The van der Waals surface area contributed by atoms with Gasteiger partial charge in [0.2, 0.25) is 0 Å². The van der Waals surface area contributed by atoms with E-state index in [0.717, 1.165) is 28.1 Å². The molecule has 0 nitrogen and oxygen atoms in total. The van der Waals surface area contributed by atoms with Crippen molar-refractivity contribution in [2.75, 3.05) is 0 Å². The van der Waals surface area contributed by atoms with Crippen molar-refractivity contribution in [3.8, 4) is 33.4 Å². The molecule has 0 radical (unpaired) electrons. The molecule has 4 fully saturated rings. The molecule has 190 valence electrons. The van der Waals surface area contributed by atoms with Crippen molar-refractivity contribution in [2.45, 2.75) is 37.5 Å². The molecule has 1 spiro atoms. The molecule has 0 unspecified atom stereocenters. The van der Waals surface area contributed by atoms with E-state index in [0.29, 0.717) is 0 Å². The van der Waals surface area contributed by atoms with Gasteiger partial charge in [0.25, 0.3) is 0 Å². The lowest BCUT2D eigenvalue weighted by molar-refractivity contribution is -0.0396. The molecule has 5 aromatic rings. The minimum absolute atomic E-state index is 0.143. The number of benzene rings is 5. The maximum atomic E-state index is 3.68. The van der Waals surface area contributed by atoms with Gasteiger partial charge in [-0.25, -0.2) is 0 Å². The molecular weight excluding hydrogens is 536 g/mol. The lowest BCUT2D eigenvalue weighted by Gasteiger charge is -2.61. The number of rotatable bonds is 2. The summed E-state index contributed by atoms with van der Waals surface area (Å²) in [6.45, 7) is 0. The maximum Gasteiger partial charge on any atom is 0.0278 e. The van der Waals surface area contributed by atoms with Crippen molar-refractivity contribution in [1.82, 2.24) is 0 Å². The highest BCUT2D eigenvalue weighted by Gasteiger charge is 2.62. The number of hydrogen-bond acceptors (Lipinski definition) is 0. The maximum absolute atomic E-state index is 3.68. The van der Waals surface area contributed by atoms with E-state index < -0.39 is 0 Å². The van der Waals surface area contributed by atoms with Gasteiger partial charge < -0.3 is 0 Å². The van der Waals surface area contributed by atoms with E-state index in [2.05, 4.69) is 119 Å². The third kappa shape index (κ3) is 3.11. The lowest BCUT2D eigenvalue weighted by Crippen LogP contribution is -2.55. The van der Waals surface area contributed by atoms with Crippen LogP contribution in [0, 0.1) is 23.7 Å². The first-order valence-corrected chi connectivity index (χ1v) is 15.5. The summed E-state index contributed by atoms with van der Waals surface area (Å²) < 4.78 is 1.13. The van der Waals surface area contributed by atoms with Crippen LogP contribution in [0.2, 0.25) is 0 Å². The molecule has 4 saturated carbocycles. The predicted octanol–water partition coefficient (Wildman–Crippen LogP) is 10.7. The highest BCUT2D eigenvalue weighted by Crippen LogP contribution is 2.70. The van der Waals surface area contributed by atoms with E-state index in [9.17, 15) is 0 Å². The minimum atomic E-state index is 0.143. The Morgan fingerprint density at radius 2 is 1.13 bits per heavy atom. The Labute approximate surface area is 239 Å². The first-order chi connectivity index (χ1) is 19.2. The molecule has 39 heavy (non-hydrogen) atoms. The number of hydrogen-bond donors (Lipinski definition) is 0. The molecule has 5 aromatic carbocycles. The second kappa shape index (κ2) is 8.18. The molecule has 0 N–H and O–H groups in total. The van der Waals surface area contributed by atoms with E-state index in [1.165, 1.54) is 76.3 Å². The van der Waals surface area contributed by atoms with Crippen LogP contribution in [0.25, 0.3) is 44.2 Å². The van der Waals surface area contributed by atoms with Crippen molar-refractivity contribution in [2.24, 2.45) is 23.7 Å². The molecule has 5 aliphatic carbocycles. The van der Waals surface area contributed by atoms with E-state index in [1.807, 2.05) is 0 Å². The molecule has 0 aromatic heterocycles. The first kappa shape index (κ1) is 22.6. The standard InChI is InChI=1S/C38H31Br/c39-32-11-4-9-26(20-32)25-8-3-10-29(19-25)33-12-5-13-34-35-21-27-6-1-2-7-28(27)22-36(35)38(37(33)34)30-15-23-14-24(17-30)18-31(38)16-23/h1-13,19-24,30-31H,14-18H2/t23?,24?,30-,31-,38?. The van der Waals surface area contributed by atoms with Crippen LogP contribution in [0.15, 0.2) is 108 Å². The summed E-state index contributed by atoms with van der Waals surface area (Å²) in [5.41, 5.74) is 11.8. The SMILES string of the molecule is Brc1cccc(-c2cccc(-c3cccc4c3C3(c5cc6ccccc6cc5-4)[C@H]4CC5CC(C4)C[C@@H]3C5)c2)c1. The van der Waals surface area contributed by atoms with Gasteiger partial charge in [0.15, 0.2) is 0 Å². The van der Waals surface area contributed by atoms with Gasteiger partial charge in [-0.05, 0) is 141 Å². The Morgan fingerprint density at radius 1 is 0.513 bits per heavy atom. The fourth-order valence-corrected chi connectivity index (χ4v) is 10.1.